The van der Waals surface area contributed by atoms with Crippen LogP contribution in [0.3, 0.4) is 0 Å². The van der Waals surface area contributed by atoms with E-state index < -0.39 is 5.91 Å². The average molecular weight is 445 g/mol. The summed E-state index contributed by atoms with van der Waals surface area (Å²) in [5.41, 5.74) is 6.22. The number of anilines is 1. The van der Waals surface area contributed by atoms with Gasteiger partial charge in [0.15, 0.2) is 0 Å². The highest BCUT2D eigenvalue weighted by molar-refractivity contribution is 7.99. The highest BCUT2D eigenvalue weighted by atomic mass is 35.5. The lowest BCUT2D eigenvalue weighted by Gasteiger charge is -2.22. The third kappa shape index (κ3) is 7.20. The Bertz CT molecular complexity index is 787. The van der Waals surface area contributed by atoms with Crippen molar-refractivity contribution in [1.82, 2.24) is 10.3 Å². The molecule has 2 heterocycles. The van der Waals surface area contributed by atoms with Crippen LogP contribution < -0.4 is 21.1 Å². The first-order chi connectivity index (χ1) is 12.6. The highest BCUT2D eigenvalue weighted by Gasteiger charge is 2.16. The van der Waals surface area contributed by atoms with Gasteiger partial charge >= 0.3 is 0 Å². The molecule has 0 aliphatic carbocycles. The van der Waals surface area contributed by atoms with E-state index in [-0.39, 0.29) is 36.8 Å². The number of halogens is 2. The highest BCUT2D eigenvalue weighted by Crippen LogP contribution is 2.21. The fraction of sp³-hybridized carbons (Fsp3) is 0.278. The predicted octanol–water partition coefficient (Wildman–Crippen LogP) is 2.85. The molecule has 7 nitrogen and oxygen atoms in total. The number of thioether (sulfide) groups is 1. The van der Waals surface area contributed by atoms with E-state index in [0.29, 0.717) is 29.3 Å². The summed E-state index contributed by atoms with van der Waals surface area (Å²) >= 11 is 1.86. The number of hydrogen-bond acceptors (Lipinski definition) is 6. The molecule has 0 spiro atoms. The van der Waals surface area contributed by atoms with Crippen LogP contribution in [0.4, 0.5) is 5.69 Å². The van der Waals surface area contributed by atoms with E-state index in [1.54, 1.807) is 36.4 Å². The number of nitrogens with one attached hydrogen (secondary N) is 2. The Hall–Kier alpha value is -2.00. The van der Waals surface area contributed by atoms with E-state index in [2.05, 4.69) is 15.6 Å². The summed E-state index contributed by atoms with van der Waals surface area (Å²) < 4.78 is 5.61. The Morgan fingerprint density at radius 1 is 1.29 bits per heavy atom. The number of nitrogens with zero attached hydrogens (tertiary/aromatic N) is 1. The van der Waals surface area contributed by atoms with Gasteiger partial charge in [0.25, 0.3) is 0 Å². The molecular formula is C18H22Cl2N4O3S. The predicted molar refractivity (Wildman–Crippen MR) is 116 cm³/mol. The molecule has 28 heavy (non-hydrogen) atoms. The van der Waals surface area contributed by atoms with Gasteiger partial charge in [-0.1, -0.05) is 6.07 Å². The monoisotopic (exact) mass is 444 g/mol. The number of carbonyl (C=O) groups excluding carboxylic acids is 2. The van der Waals surface area contributed by atoms with Crippen molar-refractivity contribution in [2.24, 2.45) is 5.73 Å². The van der Waals surface area contributed by atoms with Crippen LogP contribution in [0, 0.1) is 0 Å². The molecule has 1 aromatic carbocycles. The number of carbonyl (C=O) groups is 2. The lowest BCUT2D eigenvalue weighted by Crippen LogP contribution is -2.39. The first-order valence-corrected chi connectivity index (χ1v) is 9.40. The van der Waals surface area contributed by atoms with Crippen LogP contribution in [0.2, 0.25) is 0 Å². The lowest BCUT2D eigenvalue weighted by molar-refractivity contribution is -0.116. The molecule has 1 unspecified atom stereocenters. The number of aromatic nitrogens is 1. The van der Waals surface area contributed by atoms with Crippen LogP contribution in [0.5, 0.6) is 11.6 Å². The molecule has 1 aliphatic heterocycles. The van der Waals surface area contributed by atoms with Crippen LogP contribution in [0.15, 0.2) is 42.6 Å². The molecule has 1 aliphatic rings. The summed E-state index contributed by atoms with van der Waals surface area (Å²) in [4.78, 5) is 27.5. The average Bonchev–Trinajstić information content (AvgIpc) is 2.64. The molecule has 1 aromatic heterocycles. The second kappa shape index (κ2) is 11.8. The lowest BCUT2D eigenvalue weighted by atomic mass is 10.2. The van der Waals surface area contributed by atoms with Crippen molar-refractivity contribution in [3.8, 4) is 11.6 Å². The minimum atomic E-state index is -0.521. The molecule has 4 N–H and O–H groups in total. The zero-order valence-electron chi connectivity index (χ0n) is 14.9. The van der Waals surface area contributed by atoms with Crippen LogP contribution in [0.25, 0.3) is 0 Å². The van der Waals surface area contributed by atoms with Crippen LogP contribution in [0.1, 0.15) is 16.8 Å². The van der Waals surface area contributed by atoms with Gasteiger partial charge in [-0.25, -0.2) is 4.98 Å². The zero-order chi connectivity index (χ0) is 18.4. The van der Waals surface area contributed by atoms with Crippen molar-refractivity contribution in [1.29, 1.82) is 0 Å². The third-order valence-electron chi connectivity index (χ3n) is 3.79. The number of nitrogens with two attached hydrogens (primary N) is 1. The molecule has 0 saturated carbocycles. The third-order valence-corrected chi connectivity index (χ3v) is 4.92. The topological polar surface area (TPSA) is 106 Å². The molecule has 0 radical (unpaired) electrons. The van der Waals surface area contributed by atoms with Crippen LogP contribution in [-0.4, -0.2) is 40.9 Å². The second-order valence-electron chi connectivity index (χ2n) is 5.86. The Balaban J connectivity index is 0.00000196. The van der Waals surface area contributed by atoms with Crippen molar-refractivity contribution < 1.29 is 14.3 Å². The quantitative estimate of drug-likeness (QED) is 0.632. The van der Waals surface area contributed by atoms with E-state index in [9.17, 15) is 9.59 Å². The van der Waals surface area contributed by atoms with Gasteiger partial charge in [-0.2, -0.15) is 11.8 Å². The maximum atomic E-state index is 12.1. The van der Waals surface area contributed by atoms with Gasteiger partial charge in [0, 0.05) is 42.1 Å². The Morgan fingerprint density at radius 2 is 2.11 bits per heavy atom. The maximum absolute atomic E-state index is 12.1. The smallest absolute Gasteiger partial charge is 0.248 e. The molecule has 2 amide bonds. The first kappa shape index (κ1) is 24.0. The molecular weight excluding hydrogens is 423 g/mol. The number of hydrogen-bond donors (Lipinski definition) is 3. The molecule has 1 fully saturated rings. The number of benzene rings is 1. The normalized spacial score (nSPS) is 15.5. The van der Waals surface area contributed by atoms with Crippen molar-refractivity contribution in [2.75, 3.05) is 23.4 Å². The summed E-state index contributed by atoms with van der Waals surface area (Å²) in [5, 5.41) is 6.17. The maximum Gasteiger partial charge on any atom is 0.248 e. The van der Waals surface area contributed by atoms with Crippen molar-refractivity contribution in [2.45, 2.75) is 12.5 Å². The van der Waals surface area contributed by atoms with Crippen LogP contribution >= 0.6 is 36.6 Å². The minimum absolute atomic E-state index is 0. The molecule has 2 aromatic rings. The van der Waals surface area contributed by atoms with Gasteiger partial charge in [0.2, 0.25) is 17.7 Å². The Labute approximate surface area is 180 Å². The van der Waals surface area contributed by atoms with Gasteiger partial charge in [0.1, 0.15) is 5.75 Å². The summed E-state index contributed by atoms with van der Waals surface area (Å²) in [6, 6.07) is 10.1. The van der Waals surface area contributed by atoms with Crippen molar-refractivity contribution in [3.05, 3.63) is 48.2 Å². The summed E-state index contributed by atoms with van der Waals surface area (Å²) in [7, 11) is 0. The molecule has 3 rings (SSSR count). The van der Waals surface area contributed by atoms with E-state index in [0.717, 1.165) is 18.1 Å². The van der Waals surface area contributed by atoms with Gasteiger partial charge in [-0.05, 0) is 24.3 Å². The van der Waals surface area contributed by atoms with Crippen molar-refractivity contribution >= 4 is 54.1 Å². The van der Waals surface area contributed by atoms with Gasteiger partial charge in [-0.3, -0.25) is 9.59 Å². The standard InChI is InChI=1S/C18H20N4O3S.2ClH/c19-18(24)12-2-1-3-15(8-12)25-17-5-4-13(10-21-17)22-16(23)9-14-11-26-7-6-20-14;;/h1-5,8,10,14,20H,6-7,9,11H2,(H2,19,24)(H,22,23);2*1H. The number of primary amides is 1. The number of amides is 2. The largest absolute Gasteiger partial charge is 0.439 e. The first-order valence-electron chi connectivity index (χ1n) is 8.25. The molecule has 0 bridgehead atoms. The fourth-order valence-corrected chi connectivity index (χ4v) is 3.48. The van der Waals surface area contributed by atoms with E-state index in [4.69, 9.17) is 10.5 Å². The summed E-state index contributed by atoms with van der Waals surface area (Å²) in [6.45, 7) is 0.938. The SMILES string of the molecule is Cl.Cl.NC(=O)c1cccc(Oc2ccc(NC(=O)CC3CSCCN3)cn2)c1. The molecule has 10 heteroatoms. The minimum Gasteiger partial charge on any atom is -0.439 e. The number of ether oxygens (including phenoxy) is 1. The van der Waals surface area contributed by atoms with E-state index in [1.807, 2.05) is 11.8 Å². The Morgan fingerprint density at radius 3 is 2.75 bits per heavy atom. The summed E-state index contributed by atoms with van der Waals surface area (Å²) in [5.74, 6) is 2.29. The Kier molecular flexibility index (Phi) is 10.1. The van der Waals surface area contributed by atoms with E-state index >= 15 is 0 Å². The zero-order valence-corrected chi connectivity index (χ0v) is 17.4. The van der Waals surface area contributed by atoms with Gasteiger partial charge < -0.3 is 21.1 Å². The number of rotatable bonds is 6. The molecule has 1 atom stereocenters. The summed E-state index contributed by atoms with van der Waals surface area (Å²) in [6.07, 6.45) is 1.97. The number of pyridine rings is 1. The fourth-order valence-electron chi connectivity index (χ4n) is 2.53. The van der Waals surface area contributed by atoms with Crippen LogP contribution in [-0.2, 0) is 4.79 Å². The second-order valence-corrected chi connectivity index (χ2v) is 7.01. The van der Waals surface area contributed by atoms with E-state index in [1.165, 1.54) is 6.20 Å². The van der Waals surface area contributed by atoms with Gasteiger partial charge in [-0.15, -0.1) is 24.8 Å². The van der Waals surface area contributed by atoms with Crippen molar-refractivity contribution in [3.63, 3.8) is 0 Å². The van der Waals surface area contributed by atoms with Gasteiger partial charge in [0.05, 0.1) is 11.9 Å². The molecule has 152 valence electrons. The molecule has 1 saturated heterocycles.